The highest BCUT2D eigenvalue weighted by Crippen LogP contribution is 2.26. The van der Waals surface area contributed by atoms with Crippen LogP contribution >= 0.6 is 27.7 Å². The second-order valence-corrected chi connectivity index (χ2v) is 7.19. The van der Waals surface area contributed by atoms with Crippen molar-refractivity contribution in [3.63, 3.8) is 0 Å². The molecule has 0 aliphatic heterocycles. The number of methoxy groups -OCH3 is 1. The van der Waals surface area contributed by atoms with Crippen LogP contribution in [0, 0.1) is 0 Å². The van der Waals surface area contributed by atoms with Gasteiger partial charge in [0.25, 0.3) is 5.22 Å². The van der Waals surface area contributed by atoms with Gasteiger partial charge in [0, 0.05) is 22.2 Å². The fraction of sp³-hybridized carbons (Fsp3) is 0.167. The number of thioether (sulfide) groups is 1. The van der Waals surface area contributed by atoms with Gasteiger partial charge < -0.3 is 14.5 Å². The first kappa shape index (κ1) is 18.5. The molecule has 6 nitrogen and oxygen atoms in total. The van der Waals surface area contributed by atoms with Crippen molar-refractivity contribution in [3.05, 3.63) is 53.0 Å². The number of carbonyl (C=O) groups is 1. The molecule has 0 atom stereocenters. The number of aromatic nitrogens is 2. The van der Waals surface area contributed by atoms with Crippen molar-refractivity contribution >= 4 is 39.3 Å². The largest absolute Gasteiger partial charge is 0.495 e. The molecule has 0 saturated heterocycles. The number of carbonyl (C=O) groups excluding carboxylic acids is 1. The molecule has 0 spiro atoms. The number of rotatable bonds is 7. The van der Waals surface area contributed by atoms with Gasteiger partial charge in [0.05, 0.1) is 12.8 Å². The minimum atomic E-state index is -0.103. The zero-order valence-corrected chi connectivity index (χ0v) is 16.3. The summed E-state index contributed by atoms with van der Waals surface area (Å²) >= 11 is 4.76. The number of benzene rings is 2. The molecule has 1 aromatic heterocycles. The third kappa shape index (κ3) is 4.86. The molecule has 1 amide bonds. The van der Waals surface area contributed by atoms with Crippen LogP contribution in [0.25, 0.3) is 11.5 Å². The van der Waals surface area contributed by atoms with E-state index in [0.29, 0.717) is 34.7 Å². The average molecular weight is 434 g/mol. The Morgan fingerprint density at radius 3 is 2.88 bits per heavy atom. The van der Waals surface area contributed by atoms with Gasteiger partial charge in [0.2, 0.25) is 11.8 Å². The zero-order chi connectivity index (χ0) is 18.4. The Labute approximate surface area is 163 Å². The van der Waals surface area contributed by atoms with Crippen LogP contribution in [0.1, 0.15) is 6.42 Å². The van der Waals surface area contributed by atoms with Crippen molar-refractivity contribution in [1.82, 2.24) is 10.2 Å². The smallest absolute Gasteiger partial charge is 0.276 e. The summed E-state index contributed by atoms with van der Waals surface area (Å²) in [6.45, 7) is 0. The molecule has 3 rings (SSSR count). The molecule has 3 aromatic rings. The maximum Gasteiger partial charge on any atom is 0.276 e. The third-order valence-electron chi connectivity index (χ3n) is 3.41. The number of hydrogen-bond acceptors (Lipinski definition) is 6. The van der Waals surface area contributed by atoms with Crippen LogP contribution in [-0.2, 0) is 4.79 Å². The van der Waals surface area contributed by atoms with Crippen molar-refractivity contribution in [2.45, 2.75) is 11.6 Å². The van der Waals surface area contributed by atoms with Crippen molar-refractivity contribution in [1.29, 1.82) is 0 Å². The van der Waals surface area contributed by atoms with E-state index < -0.39 is 0 Å². The Hall–Kier alpha value is -2.32. The quantitative estimate of drug-likeness (QED) is 0.547. The summed E-state index contributed by atoms with van der Waals surface area (Å²) in [5, 5.41) is 11.3. The average Bonchev–Trinajstić information content (AvgIpc) is 3.11. The van der Waals surface area contributed by atoms with Gasteiger partial charge in [-0.3, -0.25) is 4.79 Å². The van der Waals surface area contributed by atoms with Crippen LogP contribution in [0.15, 0.2) is 62.6 Å². The van der Waals surface area contributed by atoms with Crippen LogP contribution < -0.4 is 10.1 Å². The summed E-state index contributed by atoms with van der Waals surface area (Å²) < 4.78 is 11.8. The zero-order valence-electron chi connectivity index (χ0n) is 13.9. The Kier molecular flexibility index (Phi) is 6.30. The van der Waals surface area contributed by atoms with E-state index in [-0.39, 0.29) is 5.91 Å². The van der Waals surface area contributed by atoms with Gasteiger partial charge in [-0.2, -0.15) is 0 Å². The summed E-state index contributed by atoms with van der Waals surface area (Å²) in [5.74, 6) is 1.51. The fourth-order valence-electron chi connectivity index (χ4n) is 2.20. The summed E-state index contributed by atoms with van der Waals surface area (Å²) in [7, 11) is 1.57. The molecule has 1 heterocycles. The standard InChI is InChI=1S/C18H16BrN3O3S/c1-24-15-8-3-2-7-14(15)20-16(23)9-10-26-18-22-21-17(25-18)12-5-4-6-13(19)11-12/h2-8,11H,9-10H2,1H3,(H,20,23). The molecule has 0 unspecified atom stereocenters. The van der Waals surface area contributed by atoms with E-state index in [1.165, 1.54) is 11.8 Å². The SMILES string of the molecule is COc1ccccc1NC(=O)CCSc1nnc(-c2cccc(Br)c2)o1. The predicted octanol–water partition coefficient (Wildman–Crippen LogP) is 4.63. The molecule has 0 saturated carbocycles. The Bertz CT molecular complexity index is 901. The predicted molar refractivity (Wildman–Crippen MR) is 104 cm³/mol. The molecule has 1 N–H and O–H groups in total. The molecule has 2 aromatic carbocycles. The molecule has 0 aliphatic rings. The number of amides is 1. The van der Waals surface area contributed by atoms with Crippen molar-refractivity contribution < 1.29 is 13.9 Å². The van der Waals surface area contributed by atoms with Crippen molar-refractivity contribution in [3.8, 4) is 17.2 Å². The minimum absolute atomic E-state index is 0.103. The fourth-order valence-corrected chi connectivity index (χ4v) is 3.30. The highest BCUT2D eigenvalue weighted by atomic mass is 79.9. The number of anilines is 1. The number of nitrogens with one attached hydrogen (secondary N) is 1. The van der Waals surface area contributed by atoms with Gasteiger partial charge in [-0.05, 0) is 30.3 Å². The second-order valence-electron chi connectivity index (χ2n) is 5.23. The van der Waals surface area contributed by atoms with Gasteiger partial charge in [-0.1, -0.05) is 45.9 Å². The lowest BCUT2D eigenvalue weighted by atomic mass is 10.2. The third-order valence-corrected chi connectivity index (χ3v) is 4.73. The van der Waals surface area contributed by atoms with Gasteiger partial charge in [-0.25, -0.2) is 0 Å². The molecule has 0 bridgehead atoms. The van der Waals surface area contributed by atoms with Crippen LogP contribution in [0.4, 0.5) is 5.69 Å². The molecule has 134 valence electrons. The lowest BCUT2D eigenvalue weighted by Gasteiger charge is -2.09. The van der Waals surface area contributed by atoms with E-state index in [4.69, 9.17) is 9.15 Å². The lowest BCUT2D eigenvalue weighted by Crippen LogP contribution is -2.12. The summed E-state index contributed by atoms with van der Waals surface area (Å²) in [4.78, 5) is 12.1. The minimum Gasteiger partial charge on any atom is -0.495 e. The number of ether oxygens (including phenoxy) is 1. The van der Waals surface area contributed by atoms with E-state index in [0.717, 1.165) is 10.0 Å². The molecule has 0 fully saturated rings. The van der Waals surface area contributed by atoms with Crippen LogP contribution in [-0.4, -0.2) is 29.0 Å². The van der Waals surface area contributed by atoms with E-state index in [1.54, 1.807) is 19.2 Å². The highest BCUT2D eigenvalue weighted by molar-refractivity contribution is 9.10. The van der Waals surface area contributed by atoms with E-state index in [2.05, 4.69) is 31.4 Å². The van der Waals surface area contributed by atoms with Gasteiger partial charge >= 0.3 is 0 Å². The lowest BCUT2D eigenvalue weighted by molar-refractivity contribution is -0.115. The van der Waals surface area contributed by atoms with Gasteiger partial charge in [0.15, 0.2) is 0 Å². The van der Waals surface area contributed by atoms with Crippen LogP contribution in [0.2, 0.25) is 0 Å². The first-order chi connectivity index (χ1) is 12.7. The highest BCUT2D eigenvalue weighted by Gasteiger charge is 2.11. The summed E-state index contributed by atoms with van der Waals surface area (Å²) in [6, 6.07) is 14.9. The summed E-state index contributed by atoms with van der Waals surface area (Å²) in [6.07, 6.45) is 0.317. The maximum absolute atomic E-state index is 12.1. The Morgan fingerprint density at radius 1 is 1.23 bits per heavy atom. The summed E-state index contributed by atoms with van der Waals surface area (Å²) in [5.41, 5.74) is 1.49. The first-order valence-corrected chi connectivity index (χ1v) is 9.58. The monoisotopic (exact) mass is 433 g/mol. The van der Waals surface area contributed by atoms with E-state index >= 15 is 0 Å². The van der Waals surface area contributed by atoms with Crippen LogP contribution in [0.5, 0.6) is 5.75 Å². The first-order valence-electron chi connectivity index (χ1n) is 7.81. The van der Waals surface area contributed by atoms with E-state index in [1.807, 2.05) is 36.4 Å². The Balaban J connectivity index is 1.51. The Morgan fingerprint density at radius 2 is 2.08 bits per heavy atom. The maximum atomic E-state index is 12.1. The van der Waals surface area contributed by atoms with Gasteiger partial charge in [0.1, 0.15) is 5.75 Å². The number of halogens is 1. The normalized spacial score (nSPS) is 10.5. The second kappa shape index (κ2) is 8.86. The molecule has 8 heteroatoms. The molecule has 0 aliphatic carbocycles. The van der Waals surface area contributed by atoms with Crippen molar-refractivity contribution in [2.75, 3.05) is 18.2 Å². The molecule has 0 radical (unpaired) electrons. The molecule has 26 heavy (non-hydrogen) atoms. The number of nitrogens with zero attached hydrogens (tertiary/aromatic N) is 2. The van der Waals surface area contributed by atoms with Gasteiger partial charge in [-0.15, -0.1) is 10.2 Å². The molecular formula is C18H16BrN3O3S. The topological polar surface area (TPSA) is 77.2 Å². The molecular weight excluding hydrogens is 418 g/mol. The van der Waals surface area contributed by atoms with E-state index in [9.17, 15) is 4.79 Å². The number of para-hydroxylation sites is 2. The number of hydrogen-bond donors (Lipinski definition) is 1. The van der Waals surface area contributed by atoms with Crippen molar-refractivity contribution in [2.24, 2.45) is 0 Å². The van der Waals surface area contributed by atoms with Crippen LogP contribution in [0.3, 0.4) is 0 Å².